The lowest BCUT2D eigenvalue weighted by atomic mass is 9.90. The zero-order valence-corrected chi connectivity index (χ0v) is 12.1. The van der Waals surface area contributed by atoms with Crippen molar-refractivity contribution in [3.8, 4) is 5.75 Å². The number of carbonyl (C=O) groups is 1. The molecule has 2 atom stereocenters. The van der Waals surface area contributed by atoms with Crippen molar-refractivity contribution in [1.82, 2.24) is 0 Å². The van der Waals surface area contributed by atoms with Crippen LogP contribution in [0.1, 0.15) is 38.5 Å². The fourth-order valence-corrected chi connectivity index (χ4v) is 4.09. The van der Waals surface area contributed by atoms with Crippen molar-refractivity contribution >= 4 is 17.1 Å². The van der Waals surface area contributed by atoms with Gasteiger partial charge in [-0.2, -0.15) is 0 Å². The molecule has 1 heterocycles. The van der Waals surface area contributed by atoms with Gasteiger partial charge in [-0.25, -0.2) is 0 Å². The average molecular weight is 272 g/mol. The largest absolute Gasteiger partial charge is 0.497 e. The summed E-state index contributed by atoms with van der Waals surface area (Å²) >= 11 is 1.75. The summed E-state index contributed by atoms with van der Waals surface area (Å²) in [5.41, 5.74) is 2.12. The summed E-state index contributed by atoms with van der Waals surface area (Å²) < 4.78 is 5.19. The third-order valence-electron chi connectivity index (χ3n) is 3.82. The molecule has 0 saturated carbocycles. The third-order valence-corrected chi connectivity index (χ3v) is 4.95. The summed E-state index contributed by atoms with van der Waals surface area (Å²) in [7, 11) is 1.66. The smallest absolute Gasteiger partial charge is 0.167 e. The van der Waals surface area contributed by atoms with Gasteiger partial charge in [-0.1, -0.05) is 19.1 Å². The summed E-state index contributed by atoms with van der Waals surface area (Å²) in [6.07, 6.45) is 0. The lowest BCUT2D eigenvalue weighted by molar-refractivity contribution is 0.0939. The van der Waals surface area contributed by atoms with E-state index in [0.29, 0.717) is 0 Å². The highest BCUT2D eigenvalue weighted by Gasteiger charge is 2.39. The number of carbonyl (C=O) groups excluding carboxylic acids is 1. The van der Waals surface area contributed by atoms with E-state index in [4.69, 9.17) is 4.74 Å². The van der Waals surface area contributed by atoms with Gasteiger partial charge in [0.15, 0.2) is 5.78 Å². The molecule has 0 unspecified atom stereocenters. The van der Waals surface area contributed by atoms with E-state index in [2.05, 4.69) is 19.1 Å². The van der Waals surface area contributed by atoms with Crippen molar-refractivity contribution in [2.24, 2.45) is 5.92 Å². The highest BCUT2D eigenvalue weighted by Crippen LogP contribution is 2.46. The lowest BCUT2D eigenvalue weighted by Crippen LogP contribution is -2.10. The number of aryl methyl sites for hydroxylation is 1. The van der Waals surface area contributed by atoms with Crippen LogP contribution in [0.25, 0.3) is 0 Å². The van der Waals surface area contributed by atoms with Gasteiger partial charge in [0.25, 0.3) is 0 Å². The first-order valence-corrected chi connectivity index (χ1v) is 7.22. The van der Waals surface area contributed by atoms with Crippen LogP contribution < -0.4 is 4.74 Å². The SMILES string of the molecule is COc1ccc([C@H]2c3sc(C)cc3C(=O)[C@@H]2C)cc1. The molecule has 2 aromatic rings. The van der Waals surface area contributed by atoms with Crippen molar-refractivity contribution in [2.45, 2.75) is 19.8 Å². The molecule has 0 fully saturated rings. The maximum absolute atomic E-state index is 12.3. The second-order valence-corrected chi connectivity index (χ2v) is 6.33. The van der Waals surface area contributed by atoms with E-state index < -0.39 is 0 Å². The average Bonchev–Trinajstić information content (AvgIpc) is 2.89. The Morgan fingerprint density at radius 2 is 1.89 bits per heavy atom. The van der Waals surface area contributed by atoms with Crippen LogP contribution in [0.5, 0.6) is 5.75 Å². The fraction of sp³-hybridized carbons (Fsp3) is 0.312. The van der Waals surface area contributed by atoms with Crippen LogP contribution in [0.2, 0.25) is 0 Å². The first kappa shape index (κ1) is 12.4. The highest BCUT2D eigenvalue weighted by atomic mass is 32.1. The van der Waals surface area contributed by atoms with Crippen LogP contribution in [0.15, 0.2) is 30.3 Å². The quantitative estimate of drug-likeness (QED) is 0.825. The van der Waals surface area contributed by atoms with Crippen molar-refractivity contribution in [3.05, 3.63) is 51.2 Å². The molecule has 0 saturated heterocycles. The Morgan fingerprint density at radius 3 is 2.53 bits per heavy atom. The third kappa shape index (κ3) is 1.89. The van der Waals surface area contributed by atoms with E-state index in [-0.39, 0.29) is 17.6 Å². The number of methoxy groups -OCH3 is 1. The van der Waals surface area contributed by atoms with Crippen LogP contribution in [0.4, 0.5) is 0 Å². The molecule has 3 rings (SSSR count). The van der Waals surface area contributed by atoms with E-state index in [1.54, 1.807) is 18.4 Å². The monoisotopic (exact) mass is 272 g/mol. The van der Waals surface area contributed by atoms with Gasteiger partial charge in [-0.05, 0) is 30.7 Å². The van der Waals surface area contributed by atoms with E-state index in [1.807, 2.05) is 25.1 Å². The predicted molar refractivity (Wildman–Crippen MR) is 77.4 cm³/mol. The molecule has 0 N–H and O–H groups in total. The number of hydrogen-bond donors (Lipinski definition) is 0. The van der Waals surface area contributed by atoms with Crippen molar-refractivity contribution in [3.63, 3.8) is 0 Å². The molecule has 1 aromatic carbocycles. The molecule has 3 heteroatoms. The molecule has 1 aliphatic rings. The van der Waals surface area contributed by atoms with Gasteiger partial charge < -0.3 is 4.74 Å². The Labute approximate surface area is 117 Å². The molecule has 0 bridgehead atoms. The molecular weight excluding hydrogens is 256 g/mol. The maximum atomic E-state index is 12.3. The molecule has 19 heavy (non-hydrogen) atoms. The molecule has 2 nitrogen and oxygen atoms in total. The minimum absolute atomic E-state index is 0.0373. The van der Waals surface area contributed by atoms with E-state index in [9.17, 15) is 4.79 Å². The number of thiophene rings is 1. The van der Waals surface area contributed by atoms with Crippen molar-refractivity contribution in [2.75, 3.05) is 7.11 Å². The summed E-state index contributed by atoms with van der Waals surface area (Å²) in [5, 5.41) is 0. The minimum Gasteiger partial charge on any atom is -0.497 e. The van der Waals surface area contributed by atoms with Crippen LogP contribution in [0.3, 0.4) is 0 Å². The van der Waals surface area contributed by atoms with E-state index in [1.165, 1.54) is 15.3 Å². The Bertz CT molecular complexity index is 625. The molecule has 0 amide bonds. The molecule has 1 aromatic heterocycles. The van der Waals surface area contributed by atoms with Gasteiger partial charge in [0.1, 0.15) is 5.75 Å². The van der Waals surface area contributed by atoms with Crippen LogP contribution in [-0.4, -0.2) is 12.9 Å². The molecular formula is C16H16O2S. The number of fused-ring (bicyclic) bond motifs is 1. The zero-order valence-electron chi connectivity index (χ0n) is 11.3. The van der Waals surface area contributed by atoms with Crippen LogP contribution in [0, 0.1) is 12.8 Å². The molecule has 98 valence electrons. The Morgan fingerprint density at radius 1 is 1.21 bits per heavy atom. The van der Waals surface area contributed by atoms with E-state index >= 15 is 0 Å². The molecule has 0 aliphatic heterocycles. The van der Waals surface area contributed by atoms with E-state index in [0.717, 1.165) is 11.3 Å². The second-order valence-electron chi connectivity index (χ2n) is 5.04. The van der Waals surface area contributed by atoms with Gasteiger partial charge >= 0.3 is 0 Å². The minimum atomic E-state index is 0.0373. The number of hydrogen-bond acceptors (Lipinski definition) is 3. The highest BCUT2D eigenvalue weighted by molar-refractivity contribution is 7.12. The standard InChI is InChI=1S/C16H16O2S/c1-9-8-13-15(17)10(2)14(16(13)19-9)11-4-6-12(18-3)7-5-11/h4-8,10,14H,1-3H3/t10-,14+/m1/s1. The van der Waals surface area contributed by atoms with Gasteiger partial charge in [-0.15, -0.1) is 11.3 Å². The second kappa shape index (κ2) is 4.49. The fourth-order valence-electron chi connectivity index (χ4n) is 2.83. The Kier molecular flexibility index (Phi) is 2.94. The Hall–Kier alpha value is -1.61. The topological polar surface area (TPSA) is 26.3 Å². The number of benzene rings is 1. The molecule has 1 aliphatic carbocycles. The summed E-state index contributed by atoms with van der Waals surface area (Å²) in [6, 6.07) is 10.1. The molecule has 0 radical (unpaired) electrons. The van der Waals surface area contributed by atoms with Gasteiger partial charge in [-0.3, -0.25) is 4.79 Å². The summed E-state index contributed by atoms with van der Waals surface area (Å²) in [5.74, 6) is 1.37. The van der Waals surface area contributed by atoms with Crippen molar-refractivity contribution in [1.29, 1.82) is 0 Å². The zero-order chi connectivity index (χ0) is 13.6. The van der Waals surface area contributed by atoms with Crippen LogP contribution in [-0.2, 0) is 0 Å². The first-order chi connectivity index (χ1) is 9.11. The number of rotatable bonds is 2. The normalized spacial score (nSPS) is 21.5. The number of ketones is 1. The summed E-state index contributed by atoms with van der Waals surface area (Å²) in [6.45, 7) is 4.09. The Balaban J connectivity index is 2.06. The number of ether oxygens (including phenoxy) is 1. The maximum Gasteiger partial charge on any atom is 0.167 e. The number of Topliss-reactive ketones (excluding diaryl/α,β-unsaturated/α-hetero) is 1. The molecule has 0 spiro atoms. The first-order valence-electron chi connectivity index (χ1n) is 6.40. The summed E-state index contributed by atoms with van der Waals surface area (Å²) in [4.78, 5) is 14.7. The van der Waals surface area contributed by atoms with Gasteiger partial charge in [0.2, 0.25) is 0 Å². The van der Waals surface area contributed by atoms with Gasteiger partial charge in [0.05, 0.1) is 7.11 Å². The van der Waals surface area contributed by atoms with Crippen LogP contribution >= 0.6 is 11.3 Å². The predicted octanol–water partition coefficient (Wildman–Crippen LogP) is 4.03. The van der Waals surface area contributed by atoms with Gasteiger partial charge in [0, 0.05) is 27.2 Å². The van der Waals surface area contributed by atoms with Crippen molar-refractivity contribution < 1.29 is 9.53 Å². The lowest BCUT2D eigenvalue weighted by Gasteiger charge is -2.15.